The fraction of sp³-hybridized carbons (Fsp3) is 0.400. The Labute approximate surface area is 89.7 Å². The zero-order valence-corrected chi connectivity index (χ0v) is 9.34. The summed E-state index contributed by atoms with van der Waals surface area (Å²) < 4.78 is 26.5. The Hall–Kier alpha value is -0.910. The molecular formula is C10H14N2O2S. The molecule has 0 unspecified atom stereocenters. The van der Waals surface area contributed by atoms with Crippen LogP contribution in [0.1, 0.15) is 6.92 Å². The summed E-state index contributed by atoms with van der Waals surface area (Å²) in [6, 6.07) is 8.42. The van der Waals surface area contributed by atoms with Gasteiger partial charge in [0.2, 0.25) is 10.0 Å². The first-order valence-electron chi connectivity index (χ1n) is 4.82. The Morgan fingerprint density at radius 3 is 2.33 bits per heavy atom. The van der Waals surface area contributed by atoms with E-state index in [-0.39, 0.29) is 5.54 Å². The Balaban J connectivity index is 2.21. The highest BCUT2D eigenvalue weighted by molar-refractivity contribution is 7.89. The average Bonchev–Trinajstić information content (AvgIpc) is 2.16. The molecule has 0 saturated carbocycles. The van der Waals surface area contributed by atoms with Crippen molar-refractivity contribution < 1.29 is 8.42 Å². The molecule has 5 heteroatoms. The lowest BCUT2D eigenvalue weighted by atomic mass is 9.97. The summed E-state index contributed by atoms with van der Waals surface area (Å²) in [6.45, 7) is 3.25. The van der Waals surface area contributed by atoms with Gasteiger partial charge in [-0.1, -0.05) is 18.2 Å². The lowest BCUT2D eigenvalue weighted by Crippen LogP contribution is -2.66. The molecule has 0 atom stereocenters. The Morgan fingerprint density at radius 1 is 1.27 bits per heavy atom. The smallest absolute Gasteiger partial charge is 0.241 e. The van der Waals surface area contributed by atoms with Gasteiger partial charge in [-0.15, -0.1) is 0 Å². The van der Waals surface area contributed by atoms with Gasteiger partial charge < -0.3 is 5.32 Å². The second-order valence-electron chi connectivity index (χ2n) is 4.08. The first-order valence-corrected chi connectivity index (χ1v) is 6.30. The van der Waals surface area contributed by atoms with Gasteiger partial charge in [0, 0.05) is 13.1 Å². The van der Waals surface area contributed by atoms with E-state index in [1.54, 1.807) is 30.3 Å². The van der Waals surface area contributed by atoms with E-state index in [0.29, 0.717) is 18.0 Å². The minimum Gasteiger partial charge on any atom is -0.313 e. The molecule has 1 saturated heterocycles. The Morgan fingerprint density at radius 2 is 1.87 bits per heavy atom. The largest absolute Gasteiger partial charge is 0.313 e. The van der Waals surface area contributed by atoms with Crippen LogP contribution in [-0.4, -0.2) is 27.0 Å². The highest BCUT2D eigenvalue weighted by Crippen LogP contribution is 2.15. The fourth-order valence-corrected chi connectivity index (χ4v) is 2.98. The van der Waals surface area contributed by atoms with Crippen LogP contribution in [0.15, 0.2) is 35.2 Å². The first kappa shape index (κ1) is 10.6. The standard InChI is InChI=1S/C10H14N2O2S/c1-10(7-11-8-10)12-15(13,14)9-5-3-2-4-6-9/h2-6,11-12H,7-8H2,1H3. The summed E-state index contributed by atoms with van der Waals surface area (Å²) in [7, 11) is -3.37. The molecule has 0 aliphatic carbocycles. The fourth-order valence-electron chi connectivity index (χ4n) is 1.56. The maximum Gasteiger partial charge on any atom is 0.241 e. The van der Waals surface area contributed by atoms with Gasteiger partial charge in [-0.05, 0) is 19.1 Å². The van der Waals surface area contributed by atoms with Crippen molar-refractivity contribution in [1.29, 1.82) is 0 Å². The summed E-state index contributed by atoms with van der Waals surface area (Å²) in [6.07, 6.45) is 0. The number of benzene rings is 1. The molecule has 15 heavy (non-hydrogen) atoms. The number of hydrogen-bond acceptors (Lipinski definition) is 3. The summed E-state index contributed by atoms with van der Waals surface area (Å²) in [5.74, 6) is 0. The van der Waals surface area contributed by atoms with Crippen molar-refractivity contribution in [2.24, 2.45) is 0 Å². The lowest BCUT2D eigenvalue weighted by Gasteiger charge is -2.39. The molecule has 1 aliphatic heterocycles. The molecule has 1 aromatic carbocycles. The van der Waals surface area contributed by atoms with Crippen LogP contribution in [0.5, 0.6) is 0 Å². The summed E-state index contributed by atoms with van der Waals surface area (Å²) >= 11 is 0. The zero-order chi connectivity index (χ0) is 10.9. The molecule has 1 aromatic rings. The SMILES string of the molecule is CC1(NS(=O)(=O)c2ccccc2)CNC1. The van der Waals surface area contributed by atoms with Gasteiger partial charge in [0.25, 0.3) is 0 Å². The van der Waals surface area contributed by atoms with E-state index in [1.165, 1.54) is 0 Å². The highest BCUT2D eigenvalue weighted by atomic mass is 32.2. The monoisotopic (exact) mass is 226 g/mol. The Kier molecular flexibility index (Phi) is 2.54. The van der Waals surface area contributed by atoms with Gasteiger partial charge in [0.15, 0.2) is 0 Å². The van der Waals surface area contributed by atoms with Crippen molar-refractivity contribution in [1.82, 2.24) is 10.0 Å². The van der Waals surface area contributed by atoms with E-state index in [4.69, 9.17) is 0 Å². The zero-order valence-electron chi connectivity index (χ0n) is 8.53. The van der Waals surface area contributed by atoms with Crippen molar-refractivity contribution >= 4 is 10.0 Å². The maximum absolute atomic E-state index is 11.9. The molecule has 1 heterocycles. The van der Waals surface area contributed by atoms with Crippen LogP contribution in [0.25, 0.3) is 0 Å². The van der Waals surface area contributed by atoms with E-state index < -0.39 is 10.0 Å². The molecule has 2 rings (SSSR count). The molecule has 0 radical (unpaired) electrons. The molecule has 0 amide bonds. The summed E-state index contributed by atoms with van der Waals surface area (Å²) in [4.78, 5) is 0.318. The maximum atomic E-state index is 11.9. The second kappa shape index (κ2) is 3.59. The van der Waals surface area contributed by atoms with Gasteiger partial charge in [0.05, 0.1) is 10.4 Å². The predicted octanol–water partition coefficient (Wildman–Crippen LogP) is 0.327. The molecule has 82 valence electrons. The van der Waals surface area contributed by atoms with Crippen LogP contribution in [0.3, 0.4) is 0 Å². The molecule has 1 aliphatic rings. The number of nitrogens with one attached hydrogen (secondary N) is 2. The van der Waals surface area contributed by atoms with Crippen LogP contribution in [0.2, 0.25) is 0 Å². The van der Waals surface area contributed by atoms with Crippen molar-refractivity contribution in [2.45, 2.75) is 17.4 Å². The van der Waals surface area contributed by atoms with Crippen LogP contribution >= 0.6 is 0 Å². The first-order chi connectivity index (χ1) is 7.02. The third-order valence-electron chi connectivity index (χ3n) is 2.46. The van der Waals surface area contributed by atoms with Gasteiger partial charge in [-0.2, -0.15) is 0 Å². The number of rotatable bonds is 3. The normalized spacial score (nSPS) is 19.5. The second-order valence-corrected chi connectivity index (χ2v) is 5.77. The van der Waals surface area contributed by atoms with Gasteiger partial charge in [-0.3, -0.25) is 0 Å². The molecule has 2 N–H and O–H groups in total. The lowest BCUT2D eigenvalue weighted by molar-refractivity contribution is 0.279. The quantitative estimate of drug-likeness (QED) is 0.780. The molecule has 4 nitrogen and oxygen atoms in total. The van der Waals surface area contributed by atoms with E-state index in [9.17, 15) is 8.42 Å². The molecule has 0 spiro atoms. The van der Waals surface area contributed by atoms with Crippen LogP contribution < -0.4 is 10.0 Å². The number of hydrogen-bond donors (Lipinski definition) is 2. The summed E-state index contributed by atoms with van der Waals surface area (Å²) in [5, 5.41) is 3.05. The van der Waals surface area contributed by atoms with Crippen molar-refractivity contribution in [2.75, 3.05) is 13.1 Å². The predicted molar refractivity (Wildman–Crippen MR) is 58.0 cm³/mol. The summed E-state index contributed by atoms with van der Waals surface area (Å²) in [5.41, 5.74) is -0.339. The molecular weight excluding hydrogens is 212 g/mol. The Bertz CT molecular complexity index is 438. The van der Waals surface area contributed by atoms with Crippen molar-refractivity contribution in [3.8, 4) is 0 Å². The van der Waals surface area contributed by atoms with Gasteiger partial charge >= 0.3 is 0 Å². The molecule has 1 fully saturated rings. The van der Waals surface area contributed by atoms with Gasteiger partial charge in [-0.25, -0.2) is 13.1 Å². The number of sulfonamides is 1. The van der Waals surface area contributed by atoms with E-state index in [2.05, 4.69) is 10.0 Å². The third kappa shape index (κ3) is 2.19. The molecule has 0 aromatic heterocycles. The van der Waals surface area contributed by atoms with E-state index >= 15 is 0 Å². The van der Waals surface area contributed by atoms with E-state index in [0.717, 1.165) is 0 Å². The topological polar surface area (TPSA) is 58.2 Å². The van der Waals surface area contributed by atoms with Crippen molar-refractivity contribution in [3.63, 3.8) is 0 Å². The minimum atomic E-state index is -3.37. The van der Waals surface area contributed by atoms with Crippen LogP contribution in [0.4, 0.5) is 0 Å². The van der Waals surface area contributed by atoms with E-state index in [1.807, 2.05) is 6.92 Å². The highest BCUT2D eigenvalue weighted by Gasteiger charge is 2.35. The van der Waals surface area contributed by atoms with Crippen LogP contribution in [0, 0.1) is 0 Å². The van der Waals surface area contributed by atoms with Gasteiger partial charge in [0.1, 0.15) is 0 Å². The molecule has 0 bridgehead atoms. The van der Waals surface area contributed by atoms with Crippen LogP contribution in [-0.2, 0) is 10.0 Å². The average molecular weight is 226 g/mol. The minimum absolute atomic E-state index is 0.318. The van der Waals surface area contributed by atoms with Crippen molar-refractivity contribution in [3.05, 3.63) is 30.3 Å². The third-order valence-corrected chi connectivity index (χ3v) is 4.12.